The summed E-state index contributed by atoms with van der Waals surface area (Å²) in [6.07, 6.45) is 3.82. The number of aryl methyl sites for hydroxylation is 3. The van der Waals surface area contributed by atoms with E-state index in [-0.39, 0.29) is 12.1 Å². The fourth-order valence-electron chi connectivity index (χ4n) is 5.83. The number of hydrogen-bond donors (Lipinski definition) is 2. The number of rotatable bonds is 8. The second-order valence-corrected chi connectivity index (χ2v) is 12.5. The highest BCUT2D eigenvalue weighted by Crippen LogP contribution is 2.45. The first-order valence-corrected chi connectivity index (χ1v) is 15.8. The quantitative estimate of drug-likeness (QED) is 0.247. The minimum absolute atomic E-state index is 0.242. The molecule has 2 aromatic carbocycles. The van der Waals surface area contributed by atoms with Crippen molar-refractivity contribution in [1.29, 1.82) is 0 Å². The maximum absolute atomic E-state index is 12.2. The van der Waals surface area contributed by atoms with E-state index < -0.39 is 10.0 Å². The Kier molecular flexibility index (Phi) is 7.80. The van der Waals surface area contributed by atoms with Crippen molar-refractivity contribution in [3.63, 3.8) is 0 Å². The lowest BCUT2D eigenvalue weighted by Crippen LogP contribution is -2.29. The number of ether oxygens (including phenoxy) is 1. The highest BCUT2D eigenvalue weighted by atomic mass is 32.2. The van der Waals surface area contributed by atoms with Gasteiger partial charge in [0.05, 0.1) is 42.5 Å². The Labute approximate surface area is 247 Å². The SMILES string of the molecule is CCc1cccc(C)c1-n1c(C)cc([C@@H]2[C@@H](c3ccccn3)NC(=S)N2c2ccc(OC)c(NS(C)(=O)=O)c2)c1C. The van der Waals surface area contributed by atoms with E-state index in [9.17, 15) is 8.42 Å². The lowest BCUT2D eigenvalue weighted by Gasteiger charge is -2.29. The summed E-state index contributed by atoms with van der Waals surface area (Å²) < 4.78 is 34.7. The maximum atomic E-state index is 12.2. The summed E-state index contributed by atoms with van der Waals surface area (Å²) in [5.41, 5.74) is 8.95. The van der Waals surface area contributed by atoms with Crippen LogP contribution in [0.15, 0.2) is 66.9 Å². The van der Waals surface area contributed by atoms with Crippen LogP contribution in [-0.4, -0.2) is 36.4 Å². The zero-order chi connectivity index (χ0) is 29.5. The average Bonchev–Trinajstić information content (AvgIpc) is 3.43. The van der Waals surface area contributed by atoms with E-state index in [1.807, 2.05) is 29.2 Å². The highest BCUT2D eigenvalue weighted by Gasteiger charge is 2.42. The van der Waals surface area contributed by atoms with Crippen LogP contribution in [-0.2, 0) is 16.4 Å². The molecule has 5 rings (SSSR count). The predicted octanol–water partition coefficient (Wildman–Crippen LogP) is 5.92. The molecule has 0 radical (unpaired) electrons. The van der Waals surface area contributed by atoms with Gasteiger partial charge in [0.2, 0.25) is 10.0 Å². The molecule has 0 amide bonds. The van der Waals surface area contributed by atoms with E-state index in [0.29, 0.717) is 16.5 Å². The molecule has 0 unspecified atom stereocenters. The Morgan fingerprint density at radius 3 is 2.51 bits per heavy atom. The summed E-state index contributed by atoms with van der Waals surface area (Å²) in [4.78, 5) is 6.73. The van der Waals surface area contributed by atoms with Crippen molar-refractivity contribution in [3.8, 4) is 11.4 Å². The standard InChI is InChI=1S/C31H35N5O3S2/c1-7-22-12-10-11-19(2)29(22)35-20(3)17-24(21(35)4)30-28(25-13-8-9-16-32-25)33-31(40)36(30)23-14-15-27(39-5)26(18-23)34-41(6,37)38/h8-18,28,30,34H,7H2,1-6H3,(H,33,40)/t28-,30-/m1/s1. The van der Waals surface area contributed by atoms with Gasteiger partial charge in [-0.05, 0) is 92.5 Å². The van der Waals surface area contributed by atoms with Crippen LogP contribution in [0.4, 0.5) is 11.4 Å². The fraction of sp³-hybridized carbons (Fsp3) is 0.290. The van der Waals surface area contributed by atoms with Crippen LogP contribution in [0.1, 0.15) is 52.8 Å². The summed E-state index contributed by atoms with van der Waals surface area (Å²) >= 11 is 5.94. The van der Waals surface area contributed by atoms with Crippen molar-refractivity contribution in [3.05, 3.63) is 101 Å². The Morgan fingerprint density at radius 1 is 1.07 bits per heavy atom. The molecular weight excluding hydrogens is 555 g/mol. The van der Waals surface area contributed by atoms with Crippen LogP contribution in [0.3, 0.4) is 0 Å². The first kappa shape index (κ1) is 28.6. The van der Waals surface area contributed by atoms with Gasteiger partial charge in [-0.15, -0.1) is 0 Å². The first-order valence-electron chi connectivity index (χ1n) is 13.5. The molecule has 2 atom stereocenters. The number of thiocarbonyl (C=S) groups is 1. The van der Waals surface area contributed by atoms with Gasteiger partial charge in [-0.3, -0.25) is 9.71 Å². The molecule has 0 bridgehead atoms. The van der Waals surface area contributed by atoms with Crippen molar-refractivity contribution in [2.24, 2.45) is 0 Å². The largest absolute Gasteiger partial charge is 0.495 e. The number of nitrogens with zero attached hydrogens (tertiary/aromatic N) is 3. The van der Waals surface area contributed by atoms with Crippen LogP contribution in [0.25, 0.3) is 5.69 Å². The van der Waals surface area contributed by atoms with Gasteiger partial charge in [-0.1, -0.05) is 31.2 Å². The topological polar surface area (TPSA) is 88.5 Å². The molecule has 0 saturated carbocycles. The Hall–Kier alpha value is -3.89. The molecule has 1 aliphatic rings. The van der Waals surface area contributed by atoms with Gasteiger partial charge in [0, 0.05) is 23.3 Å². The number of methoxy groups -OCH3 is 1. The molecular formula is C31H35N5O3S2. The second-order valence-electron chi connectivity index (χ2n) is 10.4. The smallest absolute Gasteiger partial charge is 0.229 e. The monoisotopic (exact) mass is 589 g/mol. The molecule has 41 heavy (non-hydrogen) atoms. The van der Waals surface area contributed by atoms with Crippen molar-refractivity contribution < 1.29 is 13.2 Å². The third-order valence-corrected chi connectivity index (χ3v) is 8.47. The molecule has 10 heteroatoms. The Balaban J connectivity index is 1.71. The van der Waals surface area contributed by atoms with E-state index in [2.05, 4.69) is 71.6 Å². The maximum Gasteiger partial charge on any atom is 0.229 e. The molecule has 2 N–H and O–H groups in total. The summed E-state index contributed by atoms with van der Waals surface area (Å²) in [7, 11) is -2.03. The number of benzene rings is 2. The number of pyridine rings is 1. The Morgan fingerprint density at radius 2 is 1.85 bits per heavy atom. The summed E-state index contributed by atoms with van der Waals surface area (Å²) in [6, 6.07) is 19.4. The number of nitrogens with one attached hydrogen (secondary N) is 2. The van der Waals surface area contributed by atoms with Crippen molar-refractivity contribution in [2.75, 3.05) is 23.0 Å². The number of aromatic nitrogens is 2. The molecule has 0 spiro atoms. The van der Waals surface area contributed by atoms with Crippen molar-refractivity contribution in [2.45, 2.75) is 46.2 Å². The fourth-order valence-corrected chi connectivity index (χ4v) is 6.74. The lowest BCUT2D eigenvalue weighted by molar-refractivity contribution is 0.417. The number of para-hydroxylation sites is 1. The molecule has 4 aromatic rings. The van der Waals surface area contributed by atoms with E-state index in [4.69, 9.17) is 17.0 Å². The van der Waals surface area contributed by atoms with Gasteiger partial charge in [-0.2, -0.15) is 0 Å². The Bertz CT molecular complexity index is 1720. The van der Waals surface area contributed by atoms with Crippen molar-refractivity contribution >= 4 is 38.7 Å². The second kappa shape index (κ2) is 11.2. The number of sulfonamides is 1. The van der Waals surface area contributed by atoms with E-state index in [1.54, 1.807) is 18.3 Å². The van der Waals surface area contributed by atoms with Crippen LogP contribution in [0, 0.1) is 20.8 Å². The van der Waals surface area contributed by atoms with Gasteiger partial charge in [-0.25, -0.2) is 8.42 Å². The van der Waals surface area contributed by atoms with Crippen LogP contribution in [0.5, 0.6) is 5.75 Å². The van der Waals surface area contributed by atoms with Gasteiger partial charge in [0.1, 0.15) is 5.75 Å². The molecule has 0 aliphatic carbocycles. The van der Waals surface area contributed by atoms with Crippen molar-refractivity contribution in [1.82, 2.24) is 14.9 Å². The third kappa shape index (κ3) is 5.41. The molecule has 2 aromatic heterocycles. The first-order chi connectivity index (χ1) is 19.5. The minimum atomic E-state index is -3.54. The summed E-state index contributed by atoms with van der Waals surface area (Å²) in [5.74, 6) is 0.417. The normalized spacial score (nSPS) is 17.0. The minimum Gasteiger partial charge on any atom is -0.495 e. The lowest BCUT2D eigenvalue weighted by atomic mass is 9.96. The van der Waals surface area contributed by atoms with E-state index in [0.717, 1.165) is 41.0 Å². The van der Waals surface area contributed by atoms with Gasteiger partial charge < -0.3 is 19.5 Å². The van der Waals surface area contributed by atoms with E-state index >= 15 is 0 Å². The molecule has 1 aliphatic heterocycles. The summed E-state index contributed by atoms with van der Waals surface area (Å²) in [6.45, 7) is 8.60. The zero-order valence-corrected chi connectivity index (χ0v) is 25.7. The molecule has 1 saturated heterocycles. The van der Waals surface area contributed by atoms with Crippen LogP contribution < -0.4 is 19.7 Å². The molecule has 3 heterocycles. The van der Waals surface area contributed by atoms with E-state index in [1.165, 1.54) is 23.9 Å². The predicted molar refractivity (Wildman–Crippen MR) is 169 cm³/mol. The van der Waals surface area contributed by atoms with Gasteiger partial charge in [0.15, 0.2) is 5.11 Å². The zero-order valence-electron chi connectivity index (χ0n) is 24.1. The third-order valence-electron chi connectivity index (χ3n) is 7.57. The molecule has 8 nitrogen and oxygen atoms in total. The molecule has 214 valence electrons. The number of hydrogen-bond acceptors (Lipinski definition) is 5. The van der Waals surface area contributed by atoms with Gasteiger partial charge in [0.25, 0.3) is 0 Å². The van der Waals surface area contributed by atoms with Crippen LogP contribution in [0.2, 0.25) is 0 Å². The molecule has 1 fully saturated rings. The van der Waals surface area contributed by atoms with Crippen LogP contribution >= 0.6 is 12.2 Å². The highest BCUT2D eigenvalue weighted by molar-refractivity contribution is 7.92. The summed E-state index contributed by atoms with van der Waals surface area (Å²) in [5, 5.41) is 4.03. The van der Waals surface area contributed by atoms with Gasteiger partial charge >= 0.3 is 0 Å². The number of anilines is 2. The average molecular weight is 590 g/mol.